The maximum Gasteiger partial charge on any atom is 0.0543 e. The van der Waals surface area contributed by atoms with E-state index in [4.69, 9.17) is 0 Å². The van der Waals surface area contributed by atoms with Gasteiger partial charge in [-0.3, -0.25) is 9.88 Å². The summed E-state index contributed by atoms with van der Waals surface area (Å²) in [6.45, 7) is 5.82. The van der Waals surface area contributed by atoms with Gasteiger partial charge in [0, 0.05) is 12.7 Å². The highest BCUT2D eigenvalue weighted by molar-refractivity contribution is 5.03. The van der Waals surface area contributed by atoms with Crippen LogP contribution in [0.25, 0.3) is 0 Å². The first kappa shape index (κ1) is 10.6. The van der Waals surface area contributed by atoms with Crippen LogP contribution < -0.4 is 0 Å². The van der Waals surface area contributed by atoms with Gasteiger partial charge < -0.3 is 0 Å². The Morgan fingerprint density at radius 1 is 1.33 bits per heavy atom. The topological polar surface area (TPSA) is 16.1 Å². The molecule has 1 aliphatic heterocycles. The number of rotatable bonds is 3. The lowest BCUT2D eigenvalue weighted by Gasteiger charge is -2.31. The SMILES string of the molecule is CCC1CCN(Cc2ccccn2)CC1. The van der Waals surface area contributed by atoms with E-state index >= 15 is 0 Å². The monoisotopic (exact) mass is 204 g/mol. The van der Waals surface area contributed by atoms with Gasteiger partial charge in [0.05, 0.1) is 5.69 Å². The molecular weight excluding hydrogens is 184 g/mol. The van der Waals surface area contributed by atoms with Gasteiger partial charge in [0.15, 0.2) is 0 Å². The van der Waals surface area contributed by atoms with Gasteiger partial charge in [0.2, 0.25) is 0 Å². The molecule has 2 heterocycles. The van der Waals surface area contributed by atoms with E-state index in [1.165, 1.54) is 38.0 Å². The van der Waals surface area contributed by atoms with Crippen molar-refractivity contribution in [1.29, 1.82) is 0 Å². The molecule has 2 nitrogen and oxygen atoms in total. The van der Waals surface area contributed by atoms with Crippen molar-refractivity contribution in [3.8, 4) is 0 Å². The predicted octanol–water partition coefficient (Wildman–Crippen LogP) is 2.70. The van der Waals surface area contributed by atoms with Crippen LogP contribution in [0.15, 0.2) is 24.4 Å². The number of nitrogens with zero attached hydrogens (tertiary/aromatic N) is 2. The van der Waals surface area contributed by atoms with E-state index in [-0.39, 0.29) is 0 Å². The zero-order valence-electron chi connectivity index (χ0n) is 9.52. The first-order valence-electron chi connectivity index (χ1n) is 6.00. The Labute approximate surface area is 92.3 Å². The summed E-state index contributed by atoms with van der Waals surface area (Å²) in [4.78, 5) is 6.89. The van der Waals surface area contributed by atoms with Crippen molar-refractivity contribution < 1.29 is 0 Å². The third-order valence-electron chi connectivity index (χ3n) is 3.40. The third kappa shape index (κ3) is 3.03. The van der Waals surface area contributed by atoms with Crippen molar-refractivity contribution in [2.75, 3.05) is 13.1 Å². The Balaban J connectivity index is 1.82. The number of likely N-dealkylation sites (tertiary alicyclic amines) is 1. The average molecular weight is 204 g/mol. The lowest BCUT2D eigenvalue weighted by molar-refractivity contribution is 0.173. The van der Waals surface area contributed by atoms with Crippen LogP contribution in [0.1, 0.15) is 31.9 Å². The summed E-state index contributed by atoms with van der Waals surface area (Å²) in [6.07, 6.45) is 5.96. The van der Waals surface area contributed by atoms with Crippen LogP contribution in [0.3, 0.4) is 0 Å². The molecule has 1 aromatic heterocycles. The second-order valence-electron chi connectivity index (χ2n) is 4.45. The fourth-order valence-corrected chi connectivity index (χ4v) is 2.27. The summed E-state index contributed by atoms with van der Waals surface area (Å²) in [5, 5.41) is 0. The van der Waals surface area contributed by atoms with Gasteiger partial charge in [-0.05, 0) is 44.0 Å². The second kappa shape index (κ2) is 5.26. The summed E-state index contributed by atoms with van der Waals surface area (Å²) < 4.78 is 0. The summed E-state index contributed by atoms with van der Waals surface area (Å²) in [7, 11) is 0. The quantitative estimate of drug-likeness (QED) is 0.752. The van der Waals surface area contributed by atoms with Crippen LogP contribution >= 0.6 is 0 Å². The molecule has 82 valence electrons. The molecule has 2 rings (SSSR count). The van der Waals surface area contributed by atoms with Crippen LogP contribution in [0.4, 0.5) is 0 Å². The highest BCUT2D eigenvalue weighted by atomic mass is 15.1. The molecule has 15 heavy (non-hydrogen) atoms. The molecule has 0 amide bonds. The van der Waals surface area contributed by atoms with E-state index in [2.05, 4.69) is 28.9 Å². The molecule has 0 atom stereocenters. The molecule has 1 aromatic rings. The van der Waals surface area contributed by atoms with Crippen LogP contribution in [0, 0.1) is 5.92 Å². The molecule has 0 bridgehead atoms. The fraction of sp³-hybridized carbons (Fsp3) is 0.615. The maximum absolute atomic E-state index is 4.37. The van der Waals surface area contributed by atoms with E-state index in [0.717, 1.165) is 12.5 Å². The molecule has 1 fully saturated rings. The smallest absolute Gasteiger partial charge is 0.0543 e. The summed E-state index contributed by atoms with van der Waals surface area (Å²) in [6, 6.07) is 6.17. The molecule has 0 saturated carbocycles. The Bertz CT molecular complexity index is 276. The molecule has 0 N–H and O–H groups in total. The first-order valence-corrected chi connectivity index (χ1v) is 6.00. The predicted molar refractivity (Wildman–Crippen MR) is 62.5 cm³/mol. The normalized spacial score (nSPS) is 19.3. The van der Waals surface area contributed by atoms with Crippen molar-refractivity contribution in [3.05, 3.63) is 30.1 Å². The maximum atomic E-state index is 4.37. The van der Waals surface area contributed by atoms with Crippen molar-refractivity contribution in [2.45, 2.75) is 32.7 Å². The Hall–Kier alpha value is -0.890. The zero-order valence-corrected chi connectivity index (χ0v) is 9.52. The van der Waals surface area contributed by atoms with Gasteiger partial charge in [-0.2, -0.15) is 0 Å². The minimum atomic E-state index is 0.963. The number of piperidine rings is 1. The summed E-state index contributed by atoms with van der Waals surface area (Å²) >= 11 is 0. The van der Waals surface area contributed by atoms with Crippen molar-refractivity contribution in [3.63, 3.8) is 0 Å². The second-order valence-corrected chi connectivity index (χ2v) is 4.45. The van der Waals surface area contributed by atoms with Crippen LogP contribution in [-0.2, 0) is 6.54 Å². The van der Waals surface area contributed by atoms with Crippen LogP contribution in [0.2, 0.25) is 0 Å². The molecule has 0 spiro atoms. The van der Waals surface area contributed by atoms with E-state index in [1.54, 1.807) is 0 Å². The van der Waals surface area contributed by atoms with Crippen molar-refractivity contribution >= 4 is 0 Å². The minimum Gasteiger partial charge on any atom is -0.297 e. The molecular formula is C13H20N2. The van der Waals surface area contributed by atoms with E-state index < -0.39 is 0 Å². The number of hydrogen-bond donors (Lipinski definition) is 0. The average Bonchev–Trinajstić information content (AvgIpc) is 2.31. The van der Waals surface area contributed by atoms with Gasteiger partial charge in [-0.15, -0.1) is 0 Å². The molecule has 1 aliphatic rings. The van der Waals surface area contributed by atoms with E-state index in [9.17, 15) is 0 Å². The molecule has 2 heteroatoms. The number of hydrogen-bond acceptors (Lipinski definition) is 2. The van der Waals surface area contributed by atoms with E-state index in [0.29, 0.717) is 0 Å². The largest absolute Gasteiger partial charge is 0.297 e. The summed E-state index contributed by atoms with van der Waals surface area (Å²) in [5.41, 5.74) is 1.20. The van der Waals surface area contributed by atoms with Gasteiger partial charge in [0.25, 0.3) is 0 Å². The number of pyridine rings is 1. The Morgan fingerprint density at radius 3 is 2.73 bits per heavy atom. The van der Waals surface area contributed by atoms with Crippen molar-refractivity contribution in [2.24, 2.45) is 5.92 Å². The molecule has 0 radical (unpaired) electrons. The van der Waals surface area contributed by atoms with Crippen LogP contribution in [-0.4, -0.2) is 23.0 Å². The molecule has 1 saturated heterocycles. The summed E-state index contributed by atoms with van der Waals surface area (Å²) in [5.74, 6) is 0.963. The standard InChI is InChI=1S/C13H20N2/c1-2-12-6-9-15(10-7-12)11-13-5-3-4-8-14-13/h3-5,8,12H,2,6-7,9-11H2,1H3. The fourth-order valence-electron chi connectivity index (χ4n) is 2.27. The highest BCUT2D eigenvalue weighted by Gasteiger charge is 2.17. The van der Waals surface area contributed by atoms with Gasteiger partial charge in [0.1, 0.15) is 0 Å². The first-order chi connectivity index (χ1) is 7.38. The Morgan fingerprint density at radius 2 is 2.13 bits per heavy atom. The van der Waals surface area contributed by atoms with E-state index in [1.807, 2.05) is 12.3 Å². The molecule has 0 aliphatic carbocycles. The van der Waals surface area contributed by atoms with Crippen LogP contribution in [0.5, 0.6) is 0 Å². The third-order valence-corrected chi connectivity index (χ3v) is 3.40. The lowest BCUT2D eigenvalue weighted by Crippen LogP contribution is -2.33. The Kier molecular flexibility index (Phi) is 3.73. The van der Waals surface area contributed by atoms with Gasteiger partial charge >= 0.3 is 0 Å². The zero-order chi connectivity index (χ0) is 10.5. The van der Waals surface area contributed by atoms with Crippen molar-refractivity contribution in [1.82, 2.24) is 9.88 Å². The van der Waals surface area contributed by atoms with Gasteiger partial charge in [-0.25, -0.2) is 0 Å². The lowest BCUT2D eigenvalue weighted by atomic mass is 9.94. The molecule has 0 unspecified atom stereocenters. The molecule has 0 aromatic carbocycles. The highest BCUT2D eigenvalue weighted by Crippen LogP contribution is 2.20. The van der Waals surface area contributed by atoms with Gasteiger partial charge in [-0.1, -0.05) is 19.4 Å². The minimum absolute atomic E-state index is 0.963. The number of aromatic nitrogens is 1.